The van der Waals surface area contributed by atoms with Crippen molar-refractivity contribution in [3.63, 3.8) is 0 Å². The van der Waals surface area contributed by atoms with Crippen molar-refractivity contribution in [3.8, 4) is 0 Å². The van der Waals surface area contributed by atoms with Crippen molar-refractivity contribution >= 4 is 5.91 Å². The monoisotopic (exact) mass is 302 g/mol. The highest BCUT2D eigenvalue weighted by molar-refractivity contribution is 5.89. The first-order chi connectivity index (χ1) is 10.4. The average molecular weight is 302 g/mol. The second kappa shape index (κ2) is 5.36. The minimum absolute atomic E-state index is 0.0477. The van der Waals surface area contributed by atoms with Gasteiger partial charge < -0.3 is 15.8 Å². The Hall–Kier alpha value is -1.39. The number of nitrogens with two attached hydrogens (primary N) is 1. The molecule has 3 unspecified atom stereocenters. The highest BCUT2D eigenvalue weighted by Gasteiger charge is 2.70. The van der Waals surface area contributed by atoms with Gasteiger partial charge in [0.2, 0.25) is 5.91 Å². The van der Waals surface area contributed by atoms with E-state index < -0.39 is 5.54 Å². The molecule has 3 N–H and O–H groups in total. The predicted molar refractivity (Wildman–Crippen MR) is 86.2 cm³/mol. The SMILES string of the molecule is C[C@@H](NC(=O)C1(N)C2CCCOC2C1(C)C)c1ccccc1. The number of amides is 1. The number of ether oxygens (including phenoxy) is 1. The van der Waals surface area contributed by atoms with E-state index in [-0.39, 0.29) is 29.4 Å². The van der Waals surface area contributed by atoms with E-state index >= 15 is 0 Å². The summed E-state index contributed by atoms with van der Waals surface area (Å²) in [6.45, 7) is 6.87. The van der Waals surface area contributed by atoms with Crippen molar-refractivity contribution in [2.75, 3.05) is 6.61 Å². The van der Waals surface area contributed by atoms with Crippen LogP contribution in [0.1, 0.15) is 45.2 Å². The van der Waals surface area contributed by atoms with Gasteiger partial charge in [-0.2, -0.15) is 0 Å². The molecule has 2 fully saturated rings. The Labute approximate surface area is 132 Å². The van der Waals surface area contributed by atoms with E-state index in [4.69, 9.17) is 10.5 Å². The summed E-state index contributed by atoms with van der Waals surface area (Å²) in [7, 11) is 0. The molecule has 120 valence electrons. The maximum absolute atomic E-state index is 12.9. The molecule has 0 bridgehead atoms. The van der Waals surface area contributed by atoms with E-state index in [0.29, 0.717) is 0 Å². The minimum Gasteiger partial charge on any atom is -0.377 e. The van der Waals surface area contributed by atoms with Gasteiger partial charge in [-0.15, -0.1) is 0 Å². The van der Waals surface area contributed by atoms with Crippen molar-refractivity contribution in [1.29, 1.82) is 0 Å². The predicted octanol–water partition coefficient (Wildman–Crippen LogP) is 2.40. The third-order valence-electron chi connectivity index (χ3n) is 5.71. The number of carbonyl (C=O) groups is 1. The van der Waals surface area contributed by atoms with Gasteiger partial charge in [-0.05, 0) is 25.3 Å². The Morgan fingerprint density at radius 1 is 1.36 bits per heavy atom. The van der Waals surface area contributed by atoms with E-state index in [2.05, 4.69) is 5.32 Å². The topological polar surface area (TPSA) is 64.4 Å². The molecule has 4 nitrogen and oxygen atoms in total. The number of nitrogens with one attached hydrogen (secondary N) is 1. The van der Waals surface area contributed by atoms with Crippen LogP contribution in [-0.4, -0.2) is 24.2 Å². The third kappa shape index (κ3) is 2.09. The Morgan fingerprint density at radius 3 is 2.73 bits per heavy atom. The first-order valence-electron chi connectivity index (χ1n) is 8.15. The largest absolute Gasteiger partial charge is 0.377 e. The fourth-order valence-corrected chi connectivity index (χ4v) is 4.18. The van der Waals surface area contributed by atoms with E-state index in [1.54, 1.807) is 0 Å². The van der Waals surface area contributed by atoms with Crippen molar-refractivity contribution in [3.05, 3.63) is 35.9 Å². The van der Waals surface area contributed by atoms with Gasteiger partial charge in [0.05, 0.1) is 12.1 Å². The molecular weight excluding hydrogens is 276 g/mol. The lowest BCUT2D eigenvalue weighted by molar-refractivity contribution is -0.225. The highest BCUT2D eigenvalue weighted by atomic mass is 16.5. The fraction of sp³-hybridized carbons (Fsp3) is 0.611. The summed E-state index contributed by atoms with van der Waals surface area (Å²) in [5, 5.41) is 3.11. The van der Waals surface area contributed by atoms with Crippen LogP contribution in [0.25, 0.3) is 0 Å². The molecule has 4 heteroatoms. The summed E-state index contributed by atoms with van der Waals surface area (Å²) < 4.78 is 5.87. The lowest BCUT2D eigenvalue weighted by atomic mass is 9.46. The van der Waals surface area contributed by atoms with Gasteiger partial charge in [0, 0.05) is 17.9 Å². The minimum atomic E-state index is -0.846. The maximum Gasteiger partial charge on any atom is 0.241 e. The van der Waals surface area contributed by atoms with Crippen LogP contribution in [0.4, 0.5) is 0 Å². The summed E-state index contributed by atoms with van der Waals surface area (Å²) in [5.74, 6) is 0.0693. The van der Waals surface area contributed by atoms with E-state index in [1.807, 2.05) is 51.1 Å². The average Bonchev–Trinajstić information content (AvgIpc) is 2.54. The summed E-state index contributed by atoms with van der Waals surface area (Å²) in [6.07, 6.45) is 2.05. The first-order valence-corrected chi connectivity index (χ1v) is 8.15. The standard InChI is InChI=1S/C18H26N2O2/c1-12(13-8-5-4-6-9-13)20-16(21)18(19)14-10-7-11-22-15(14)17(18,2)3/h4-6,8-9,12,14-15H,7,10-11,19H2,1-3H3,(H,20,21)/t12-,14?,15?,18?/m1/s1. The summed E-state index contributed by atoms with van der Waals surface area (Å²) in [6, 6.07) is 9.93. The lowest BCUT2D eigenvalue weighted by Crippen LogP contribution is -2.82. The number of hydrogen-bond donors (Lipinski definition) is 2. The maximum atomic E-state index is 12.9. The fourth-order valence-electron chi connectivity index (χ4n) is 4.18. The molecule has 1 aromatic carbocycles. The molecule has 1 heterocycles. The molecule has 1 amide bonds. The van der Waals surface area contributed by atoms with Crippen molar-refractivity contribution in [1.82, 2.24) is 5.32 Å². The number of hydrogen-bond acceptors (Lipinski definition) is 3. The molecule has 1 saturated heterocycles. The van der Waals surface area contributed by atoms with Gasteiger partial charge in [0.25, 0.3) is 0 Å². The molecule has 1 aliphatic heterocycles. The molecule has 1 aromatic rings. The summed E-state index contributed by atoms with van der Waals surface area (Å²) in [5.41, 5.74) is 6.52. The first kappa shape index (κ1) is 15.5. The van der Waals surface area contributed by atoms with Gasteiger partial charge in [-0.1, -0.05) is 44.2 Å². The Kier molecular flexibility index (Phi) is 3.77. The molecule has 3 rings (SSSR count). The molecule has 1 saturated carbocycles. The van der Waals surface area contributed by atoms with E-state index in [0.717, 1.165) is 25.0 Å². The quantitative estimate of drug-likeness (QED) is 0.901. The molecule has 22 heavy (non-hydrogen) atoms. The second-order valence-corrected chi connectivity index (χ2v) is 7.24. The van der Waals surface area contributed by atoms with Crippen molar-refractivity contribution < 1.29 is 9.53 Å². The van der Waals surface area contributed by atoms with Gasteiger partial charge >= 0.3 is 0 Å². The van der Waals surface area contributed by atoms with Crippen LogP contribution in [0, 0.1) is 11.3 Å². The smallest absolute Gasteiger partial charge is 0.241 e. The third-order valence-corrected chi connectivity index (χ3v) is 5.71. The number of fused-ring (bicyclic) bond motifs is 1. The zero-order valence-corrected chi connectivity index (χ0v) is 13.6. The second-order valence-electron chi connectivity index (χ2n) is 7.24. The van der Waals surface area contributed by atoms with E-state index in [9.17, 15) is 4.79 Å². The van der Waals surface area contributed by atoms with Crippen LogP contribution in [0.5, 0.6) is 0 Å². The summed E-state index contributed by atoms with van der Waals surface area (Å²) >= 11 is 0. The molecule has 1 aliphatic carbocycles. The molecule has 0 spiro atoms. The van der Waals surface area contributed by atoms with Crippen LogP contribution in [0.2, 0.25) is 0 Å². The van der Waals surface area contributed by atoms with Crippen molar-refractivity contribution in [2.45, 2.75) is 51.3 Å². The highest BCUT2D eigenvalue weighted by Crippen LogP contribution is 2.57. The van der Waals surface area contributed by atoms with Crippen LogP contribution in [-0.2, 0) is 9.53 Å². The zero-order valence-electron chi connectivity index (χ0n) is 13.6. The Bertz CT molecular complexity index is 557. The molecular formula is C18H26N2O2. The van der Waals surface area contributed by atoms with E-state index in [1.165, 1.54) is 0 Å². The number of benzene rings is 1. The van der Waals surface area contributed by atoms with Gasteiger partial charge in [0.15, 0.2) is 0 Å². The van der Waals surface area contributed by atoms with Gasteiger partial charge in [-0.25, -0.2) is 0 Å². The number of carbonyl (C=O) groups excluding carboxylic acids is 1. The van der Waals surface area contributed by atoms with Crippen LogP contribution >= 0.6 is 0 Å². The Morgan fingerprint density at radius 2 is 2.05 bits per heavy atom. The molecule has 0 aromatic heterocycles. The molecule has 4 atom stereocenters. The van der Waals surface area contributed by atoms with Gasteiger partial charge in [-0.3, -0.25) is 4.79 Å². The van der Waals surface area contributed by atoms with Crippen molar-refractivity contribution in [2.24, 2.45) is 17.1 Å². The summed E-state index contributed by atoms with van der Waals surface area (Å²) in [4.78, 5) is 12.9. The normalized spacial score (nSPS) is 34.2. The zero-order chi connectivity index (χ0) is 16.0. The Balaban J connectivity index is 1.76. The van der Waals surface area contributed by atoms with Crippen LogP contribution < -0.4 is 11.1 Å². The molecule has 0 radical (unpaired) electrons. The van der Waals surface area contributed by atoms with Gasteiger partial charge in [0.1, 0.15) is 5.54 Å². The molecule has 2 aliphatic rings. The van der Waals surface area contributed by atoms with Crippen LogP contribution in [0.3, 0.4) is 0 Å². The number of rotatable bonds is 3. The lowest BCUT2D eigenvalue weighted by Gasteiger charge is -2.65. The van der Waals surface area contributed by atoms with Crippen LogP contribution in [0.15, 0.2) is 30.3 Å².